The Morgan fingerprint density at radius 3 is 3.13 bits per heavy atom. The quantitative estimate of drug-likeness (QED) is 0.688. The number of hydrogen-bond acceptors (Lipinski definition) is 2. The molecule has 1 heterocycles. The molecule has 2 atom stereocenters. The fourth-order valence-corrected chi connectivity index (χ4v) is 1.45. The van der Waals surface area contributed by atoms with E-state index in [0.29, 0.717) is 12.7 Å². The molecule has 0 radical (unpaired) electrons. The number of epoxide rings is 1. The summed E-state index contributed by atoms with van der Waals surface area (Å²) in [5, 5.41) is 0. The first kappa shape index (κ1) is 10.4. The molecule has 1 saturated heterocycles. The molecule has 0 bridgehead atoms. The minimum atomic E-state index is 0.120. The van der Waals surface area contributed by atoms with E-state index in [2.05, 4.69) is 25.6 Å². The third kappa shape index (κ3) is 2.91. The van der Waals surface area contributed by atoms with Gasteiger partial charge in [-0.05, 0) is 24.1 Å². The molecule has 0 saturated carbocycles. The molecular formula is C13H16O2. The zero-order chi connectivity index (χ0) is 10.7. The molecule has 0 N–H and O–H groups in total. The second-order valence-corrected chi connectivity index (χ2v) is 3.81. The number of rotatable bonds is 5. The zero-order valence-corrected chi connectivity index (χ0v) is 8.98. The smallest absolute Gasteiger partial charge is 0.104 e. The van der Waals surface area contributed by atoms with E-state index in [1.54, 1.807) is 0 Å². The Labute approximate surface area is 90.5 Å². The Kier molecular flexibility index (Phi) is 3.19. The van der Waals surface area contributed by atoms with E-state index in [-0.39, 0.29) is 6.10 Å². The highest BCUT2D eigenvalue weighted by Gasteiger charge is 2.23. The standard InChI is InChI=1S/C13H16O2/c1-3-11-5-4-6-12(7-11)10(2)14-8-13-9-15-13/h3-7,10,13H,1,8-9H2,2H3. The summed E-state index contributed by atoms with van der Waals surface area (Å²) in [6, 6.07) is 8.24. The van der Waals surface area contributed by atoms with Gasteiger partial charge >= 0.3 is 0 Å². The van der Waals surface area contributed by atoms with Crippen LogP contribution in [-0.4, -0.2) is 19.3 Å². The highest BCUT2D eigenvalue weighted by molar-refractivity contribution is 5.48. The Balaban J connectivity index is 1.96. The van der Waals surface area contributed by atoms with Crippen LogP contribution in [0.2, 0.25) is 0 Å². The van der Waals surface area contributed by atoms with Crippen molar-refractivity contribution >= 4 is 6.08 Å². The fraction of sp³-hybridized carbons (Fsp3) is 0.385. The zero-order valence-electron chi connectivity index (χ0n) is 8.98. The predicted molar refractivity (Wildman–Crippen MR) is 60.6 cm³/mol. The van der Waals surface area contributed by atoms with Crippen LogP contribution in [0.15, 0.2) is 30.8 Å². The molecule has 80 valence electrons. The average Bonchev–Trinajstić information content (AvgIpc) is 3.10. The summed E-state index contributed by atoms with van der Waals surface area (Å²) < 4.78 is 10.8. The third-order valence-electron chi connectivity index (χ3n) is 2.55. The van der Waals surface area contributed by atoms with Crippen LogP contribution < -0.4 is 0 Å². The highest BCUT2D eigenvalue weighted by atomic mass is 16.6. The lowest BCUT2D eigenvalue weighted by molar-refractivity contribution is 0.0539. The summed E-state index contributed by atoms with van der Waals surface area (Å²) in [5.41, 5.74) is 2.32. The first-order chi connectivity index (χ1) is 7.29. The van der Waals surface area contributed by atoms with Crippen LogP contribution in [-0.2, 0) is 9.47 Å². The molecule has 1 aliphatic heterocycles. The molecule has 2 heteroatoms. The maximum Gasteiger partial charge on any atom is 0.104 e. The molecule has 1 aromatic carbocycles. The fourth-order valence-electron chi connectivity index (χ4n) is 1.45. The minimum Gasteiger partial charge on any atom is -0.371 e. The summed E-state index contributed by atoms with van der Waals surface area (Å²) in [6.45, 7) is 7.36. The van der Waals surface area contributed by atoms with Crippen molar-refractivity contribution < 1.29 is 9.47 Å². The van der Waals surface area contributed by atoms with E-state index in [4.69, 9.17) is 9.47 Å². The summed E-state index contributed by atoms with van der Waals surface area (Å²) in [7, 11) is 0. The average molecular weight is 204 g/mol. The number of ether oxygens (including phenoxy) is 2. The van der Waals surface area contributed by atoms with Gasteiger partial charge < -0.3 is 9.47 Å². The summed E-state index contributed by atoms with van der Waals surface area (Å²) in [4.78, 5) is 0. The van der Waals surface area contributed by atoms with Gasteiger partial charge in [0, 0.05) is 0 Å². The molecule has 2 nitrogen and oxygen atoms in total. The van der Waals surface area contributed by atoms with Gasteiger partial charge in [-0.3, -0.25) is 0 Å². The second-order valence-electron chi connectivity index (χ2n) is 3.81. The van der Waals surface area contributed by atoms with Gasteiger partial charge in [-0.15, -0.1) is 0 Å². The summed E-state index contributed by atoms with van der Waals surface area (Å²) in [5.74, 6) is 0. The van der Waals surface area contributed by atoms with Gasteiger partial charge in [0.2, 0.25) is 0 Å². The Bertz CT molecular complexity index is 342. The van der Waals surface area contributed by atoms with E-state index >= 15 is 0 Å². The lowest BCUT2D eigenvalue weighted by atomic mass is 10.1. The van der Waals surface area contributed by atoms with Crippen molar-refractivity contribution in [3.05, 3.63) is 42.0 Å². The molecule has 2 rings (SSSR count). The van der Waals surface area contributed by atoms with Gasteiger partial charge in [0.15, 0.2) is 0 Å². The molecule has 1 aromatic rings. The van der Waals surface area contributed by atoms with E-state index in [9.17, 15) is 0 Å². The second kappa shape index (κ2) is 4.60. The van der Waals surface area contributed by atoms with Gasteiger partial charge in [0.25, 0.3) is 0 Å². The van der Waals surface area contributed by atoms with Gasteiger partial charge in [0.1, 0.15) is 6.10 Å². The van der Waals surface area contributed by atoms with Crippen LogP contribution in [0.1, 0.15) is 24.2 Å². The van der Waals surface area contributed by atoms with E-state index in [1.165, 1.54) is 5.56 Å². The van der Waals surface area contributed by atoms with Crippen molar-refractivity contribution in [1.82, 2.24) is 0 Å². The summed E-state index contributed by atoms with van der Waals surface area (Å²) >= 11 is 0. The summed E-state index contributed by atoms with van der Waals surface area (Å²) in [6.07, 6.45) is 2.30. The molecular weight excluding hydrogens is 188 g/mol. The SMILES string of the molecule is C=Cc1cccc(C(C)OCC2CO2)c1. The lowest BCUT2D eigenvalue weighted by Gasteiger charge is -2.13. The topological polar surface area (TPSA) is 21.8 Å². The number of hydrogen-bond donors (Lipinski definition) is 0. The van der Waals surface area contributed by atoms with Gasteiger partial charge in [-0.1, -0.05) is 30.9 Å². The molecule has 0 spiro atoms. The van der Waals surface area contributed by atoms with Gasteiger partial charge in [-0.25, -0.2) is 0 Å². The van der Waals surface area contributed by atoms with E-state index in [0.717, 1.165) is 12.2 Å². The van der Waals surface area contributed by atoms with Crippen molar-refractivity contribution in [3.8, 4) is 0 Å². The van der Waals surface area contributed by atoms with E-state index in [1.807, 2.05) is 18.2 Å². The van der Waals surface area contributed by atoms with Crippen LogP contribution in [0.5, 0.6) is 0 Å². The van der Waals surface area contributed by atoms with Gasteiger partial charge in [0.05, 0.1) is 19.3 Å². The van der Waals surface area contributed by atoms with Crippen LogP contribution in [0.3, 0.4) is 0 Å². The Morgan fingerprint density at radius 2 is 2.47 bits per heavy atom. The van der Waals surface area contributed by atoms with Crippen LogP contribution >= 0.6 is 0 Å². The molecule has 0 aliphatic carbocycles. The largest absolute Gasteiger partial charge is 0.371 e. The van der Waals surface area contributed by atoms with Gasteiger partial charge in [-0.2, -0.15) is 0 Å². The number of benzene rings is 1. The van der Waals surface area contributed by atoms with Crippen LogP contribution in [0.4, 0.5) is 0 Å². The molecule has 2 unspecified atom stereocenters. The first-order valence-corrected chi connectivity index (χ1v) is 5.25. The van der Waals surface area contributed by atoms with Crippen molar-refractivity contribution in [2.24, 2.45) is 0 Å². The lowest BCUT2D eigenvalue weighted by Crippen LogP contribution is -2.06. The van der Waals surface area contributed by atoms with E-state index < -0.39 is 0 Å². The third-order valence-corrected chi connectivity index (χ3v) is 2.55. The van der Waals surface area contributed by atoms with Crippen molar-refractivity contribution in [2.75, 3.05) is 13.2 Å². The normalized spacial score (nSPS) is 21.0. The Hall–Kier alpha value is -1.12. The minimum absolute atomic E-state index is 0.120. The molecule has 1 fully saturated rings. The van der Waals surface area contributed by atoms with Crippen molar-refractivity contribution in [2.45, 2.75) is 19.1 Å². The maximum absolute atomic E-state index is 5.69. The monoisotopic (exact) mass is 204 g/mol. The molecule has 0 amide bonds. The maximum atomic E-state index is 5.69. The Morgan fingerprint density at radius 1 is 1.67 bits per heavy atom. The first-order valence-electron chi connectivity index (χ1n) is 5.25. The molecule has 0 aromatic heterocycles. The highest BCUT2D eigenvalue weighted by Crippen LogP contribution is 2.20. The predicted octanol–water partition coefficient (Wildman–Crippen LogP) is 2.81. The van der Waals surface area contributed by atoms with Crippen molar-refractivity contribution in [3.63, 3.8) is 0 Å². The molecule has 1 aliphatic rings. The van der Waals surface area contributed by atoms with Crippen LogP contribution in [0.25, 0.3) is 6.08 Å². The van der Waals surface area contributed by atoms with Crippen LogP contribution in [0, 0.1) is 0 Å². The van der Waals surface area contributed by atoms with Crippen molar-refractivity contribution in [1.29, 1.82) is 0 Å². The molecule has 15 heavy (non-hydrogen) atoms.